The summed E-state index contributed by atoms with van der Waals surface area (Å²) in [7, 11) is 2.20. The van der Waals surface area contributed by atoms with Crippen LogP contribution in [0.2, 0.25) is 0 Å². The SMILES string of the molecule is CN(CCc1ccccc1)C1CCN(C(=O)c2ccc(-n3cncn3)cc2)CC1. The molecule has 0 atom stereocenters. The van der Waals surface area contributed by atoms with E-state index in [0.717, 1.165) is 50.1 Å². The first-order chi connectivity index (χ1) is 14.2. The molecule has 2 heterocycles. The van der Waals surface area contributed by atoms with Crippen molar-refractivity contribution in [1.29, 1.82) is 0 Å². The van der Waals surface area contributed by atoms with Gasteiger partial charge in [0.1, 0.15) is 12.7 Å². The second-order valence-corrected chi connectivity index (χ2v) is 7.63. The third-order valence-corrected chi connectivity index (χ3v) is 5.77. The van der Waals surface area contributed by atoms with Crippen LogP contribution in [0.5, 0.6) is 0 Å². The monoisotopic (exact) mass is 389 g/mol. The van der Waals surface area contributed by atoms with Crippen LogP contribution in [0.25, 0.3) is 5.69 Å². The van der Waals surface area contributed by atoms with E-state index in [1.165, 1.54) is 11.9 Å². The summed E-state index contributed by atoms with van der Waals surface area (Å²) in [6.45, 7) is 2.67. The zero-order valence-electron chi connectivity index (χ0n) is 16.8. The molecular formula is C23H27N5O. The van der Waals surface area contributed by atoms with Crippen molar-refractivity contribution in [3.8, 4) is 5.69 Å². The number of piperidine rings is 1. The van der Waals surface area contributed by atoms with Gasteiger partial charge in [-0.1, -0.05) is 30.3 Å². The molecule has 150 valence electrons. The fraction of sp³-hybridized carbons (Fsp3) is 0.348. The molecule has 6 heteroatoms. The van der Waals surface area contributed by atoms with E-state index < -0.39 is 0 Å². The number of hydrogen-bond donors (Lipinski definition) is 0. The van der Waals surface area contributed by atoms with E-state index in [0.29, 0.717) is 6.04 Å². The lowest BCUT2D eigenvalue weighted by atomic mass is 10.0. The van der Waals surface area contributed by atoms with Gasteiger partial charge in [0.15, 0.2) is 0 Å². The fourth-order valence-electron chi connectivity index (χ4n) is 3.92. The summed E-state index contributed by atoms with van der Waals surface area (Å²) in [6.07, 6.45) is 6.26. The van der Waals surface area contributed by atoms with Gasteiger partial charge in [-0.15, -0.1) is 0 Å². The van der Waals surface area contributed by atoms with Crippen molar-refractivity contribution in [3.63, 3.8) is 0 Å². The highest BCUT2D eigenvalue weighted by molar-refractivity contribution is 5.94. The first-order valence-electron chi connectivity index (χ1n) is 10.2. The number of nitrogens with zero attached hydrogens (tertiary/aromatic N) is 5. The third kappa shape index (κ3) is 4.71. The number of rotatable bonds is 6. The average molecular weight is 390 g/mol. The summed E-state index contributed by atoms with van der Waals surface area (Å²) in [5, 5.41) is 4.12. The first-order valence-corrected chi connectivity index (χ1v) is 10.2. The Morgan fingerprint density at radius 3 is 2.45 bits per heavy atom. The molecular weight excluding hydrogens is 362 g/mol. The second-order valence-electron chi connectivity index (χ2n) is 7.63. The molecule has 0 unspecified atom stereocenters. The Morgan fingerprint density at radius 2 is 1.79 bits per heavy atom. The Kier molecular flexibility index (Phi) is 6.00. The van der Waals surface area contributed by atoms with E-state index in [4.69, 9.17) is 0 Å². The van der Waals surface area contributed by atoms with Gasteiger partial charge in [0.25, 0.3) is 5.91 Å². The molecule has 4 rings (SSSR count). The van der Waals surface area contributed by atoms with Crippen LogP contribution in [-0.2, 0) is 6.42 Å². The summed E-state index contributed by atoms with van der Waals surface area (Å²) < 4.78 is 1.69. The maximum Gasteiger partial charge on any atom is 0.253 e. The predicted molar refractivity (Wildman–Crippen MR) is 113 cm³/mol. The number of likely N-dealkylation sites (N-methyl/N-ethyl adjacent to an activating group) is 1. The van der Waals surface area contributed by atoms with Gasteiger partial charge in [0, 0.05) is 31.2 Å². The lowest BCUT2D eigenvalue weighted by Gasteiger charge is -2.37. The topological polar surface area (TPSA) is 54.3 Å². The number of carbonyl (C=O) groups is 1. The highest BCUT2D eigenvalue weighted by Crippen LogP contribution is 2.19. The number of aromatic nitrogens is 3. The Balaban J connectivity index is 1.28. The van der Waals surface area contributed by atoms with Crippen LogP contribution in [0.3, 0.4) is 0 Å². The van der Waals surface area contributed by atoms with Crippen molar-refractivity contribution in [2.45, 2.75) is 25.3 Å². The van der Waals surface area contributed by atoms with Crippen molar-refractivity contribution in [2.75, 3.05) is 26.7 Å². The van der Waals surface area contributed by atoms with Crippen LogP contribution in [0.4, 0.5) is 0 Å². The smallest absolute Gasteiger partial charge is 0.253 e. The molecule has 6 nitrogen and oxygen atoms in total. The van der Waals surface area contributed by atoms with Gasteiger partial charge in [0.05, 0.1) is 5.69 Å². The zero-order valence-corrected chi connectivity index (χ0v) is 16.8. The summed E-state index contributed by atoms with van der Waals surface area (Å²) in [6, 6.07) is 18.7. The van der Waals surface area contributed by atoms with Crippen molar-refractivity contribution >= 4 is 5.91 Å². The Labute approximate surface area is 171 Å². The molecule has 29 heavy (non-hydrogen) atoms. The minimum atomic E-state index is 0.112. The van der Waals surface area contributed by atoms with E-state index >= 15 is 0 Å². The Hall–Kier alpha value is -2.99. The molecule has 0 N–H and O–H groups in total. The summed E-state index contributed by atoms with van der Waals surface area (Å²) in [5.74, 6) is 0.112. The van der Waals surface area contributed by atoms with Gasteiger partial charge in [-0.25, -0.2) is 9.67 Å². The van der Waals surface area contributed by atoms with Gasteiger partial charge in [-0.05, 0) is 56.1 Å². The third-order valence-electron chi connectivity index (χ3n) is 5.77. The number of hydrogen-bond acceptors (Lipinski definition) is 4. The maximum absolute atomic E-state index is 12.9. The summed E-state index contributed by atoms with van der Waals surface area (Å²) >= 11 is 0. The lowest BCUT2D eigenvalue weighted by molar-refractivity contribution is 0.0647. The van der Waals surface area contributed by atoms with Gasteiger partial charge in [-0.2, -0.15) is 5.10 Å². The zero-order chi connectivity index (χ0) is 20.1. The van der Waals surface area contributed by atoms with E-state index in [1.54, 1.807) is 11.0 Å². The van der Waals surface area contributed by atoms with Crippen LogP contribution in [0, 0.1) is 0 Å². The van der Waals surface area contributed by atoms with Crippen LogP contribution < -0.4 is 0 Å². The largest absolute Gasteiger partial charge is 0.339 e. The number of benzene rings is 2. The van der Waals surface area contributed by atoms with E-state index in [1.807, 2.05) is 29.2 Å². The molecule has 1 amide bonds. The van der Waals surface area contributed by atoms with Crippen molar-refractivity contribution < 1.29 is 4.79 Å². The molecule has 1 fully saturated rings. The minimum Gasteiger partial charge on any atom is -0.339 e. The molecule has 0 spiro atoms. The Bertz CT molecular complexity index is 900. The first kappa shape index (κ1) is 19.3. The van der Waals surface area contributed by atoms with Gasteiger partial charge in [0.2, 0.25) is 0 Å². The molecule has 0 aliphatic carbocycles. The van der Waals surface area contributed by atoms with E-state index in [2.05, 4.69) is 52.4 Å². The van der Waals surface area contributed by atoms with Crippen molar-refractivity contribution in [1.82, 2.24) is 24.6 Å². The molecule has 1 saturated heterocycles. The molecule has 3 aromatic rings. The van der Waals surface area contributed by atoms with E-state index in [-0.39, 0.29) is 5.91 Å². The maximum atomic E-state index is 12.9. The van der Waals surface area contributed by atoms with Gasteiger partial charge >= 0.3 is 0 Å². The summed E-state index contributed by atoms with van der Waals surface area (Å²) in [5.41, 5.74) is 3.00. The number of likely N-dealkylation sites (tertiary alicyclic amines) is 1. The highest BCUT2D eigenvalue weighted by atomic mass is 16.2. The highest BCUT2D eigenvalue weighted by Gasteiger charge is 2.25. The molecule has 1 aliphatic rings. The number of carbonyl (C=O) groups excluding carboxylic acids is 1. The normalized spacial score (nSPS) is 15.0. The number of amides is 1. The molecule has 2 aromatic carbocycles. The van der Waals surface area contributed by atoms with Crippen molar-refractivity contribution in [3.05, 3.63) is 78.4 Å². The fourth-order valence-corrected chi connectivity index (χ4v) is 3.92. The average Bonchev–Trinajstić information content (AvgIpc) is 3.33. The molecule has 1 aromatic heterocycles. The van der Waals surface area contributed by atoms with Gasteiger partial charge < -0.3 is 9.80 Å². The standard InChI is InChI=1S/C23H27N5O/c1-26(14-11-19-5-3-2-4-6-19)21-12-15-27(16-13-21)23(29)20-7-9-22(10-8-20)28-18-24-17-25-28/h2-10,17-18,21H,11-16H2,1H3. The van der Waals surface area contributed by atoms with Crippen LogP contribution in [-0.4, -0.2) is 63.2 Å². The molecule has 0 radical (unpaired) electrons. The molecule has 0 saturated carbocycles. The van der Waals surface area contributed by atoms with Crippen LogP contribution in [0.15, 0.2) is 67.3 Å². The molecule has 0 bridgehead atoms. The van der Waals surface area contributed by atoms with Gasteiger partial charge in [-0.3, -0.25) is 4.79 Å². The van der Waals surface area contributed by atoms with Crippen molar-refractivity contribution in [2.24, 2.45) is 0 Å². The predicted octanol–water partition coefficient (Wildman–Crippen LogP) is 3.05. The lowest BCUT2D eigenvalue weighted by Crippen LogP contribution is -2.46. The minimum absolute atomic E-state index is 0.112. The quantitative estimate of drug-likeness (QED) is 0.650. The second kappa shape index (κ2) is 9.01. The summed E-state index contributed by atoms with van der Waals surface area (Å²) in [4.78, 5) is 21.2. The molecule has 1 aliphatic heterocycles. The van der Waals surface area contributed by atoms with E-state index in [9.17, 15) is 4.79 Å². The van der Waals surface area contributed by atoms with Crippen LogP contribution >= 0.6 is 0 Å². The Morgan fingerprint density at radius 1 is 1.07 bits per heavy atom. The van der Waals surface area contributed by atoms with Crippen LogP contribution in [0.1, 0.15) is 28.8 Å².